The van der Waals surface area contributed by atoms with Crippen LogP contribution in [0.25, 0.3) is 11.5 Å². The second-order valence-corrected chi connectivity index (χ2v) is 3.73. The number of rotatable bonds is 4. The summed E-state index contributed by atoms with van der Waals surface area (Å²) < 4.78 is 5.36. The van der Waals surface area contributed by atoms with Crippen LogP contribution in [0.5, 0.6) is 0 Å². The van der Waals surface area contributed by atoms with Gasteiger partial charge in [0.2, 0.25) is 5.89 Å². The second-order valence-electron chi connectivity index (χ2n) is 3.73. The lowest BCUT2D eigenvalue weighted by atomic mass is 10.2. The maximum absolute atomic E-state index is 10.9. The summed E-state index contributed by atoms with van der Waals surface area (Å²) in [5.41, 5.74) is 5.98. The van der Waals surface area contributed by atoms with E-state index in [-0.39, 0.29) is 23.5 Å². The lowest BCUT2D eigenvalue weighted by molar-refractivity contribution is -0.384. The number of nitro benzene ring substituents is 1. The molecule has 1 atom stereocenters. The highest BCUT2D eigenvalue weighted by atomic mass is 16.6. The van der Waals surface area contributed by atoms with Crippen LogP contribution in [-0.4, -0.2) is 15.1 Å². The fourth-order valence-electron chi connectivity index (χ4n) is 1.48. The summed E-state index contributed by atoms with van der Waals surface area (Å²) >= 11 is 0. The minimum absolute atomic E-state index is 0.0715. The first-order chi connectivity index (χ1) is 8.63. The van der Waals surface area contributed by atoms with Crippen molar-refractivity contribution in [2.24, 2.45) is 5.73 Å². The molecule has 2 rings (SSSR count). The summed E-state index contributed by atoms with van der Waals surface area (Å²) in [7, 11) is 0. The van der Waals surface area contributed by atoms with Crippen LogP contribution < -0.4 is 5.73 Å². The van der Waals surface area contributed by atoms with E-state index >= 15 is 0 Å². The third kappa shape index (κ3) is 2.21. The number of nitrogens with two attached hydrogens (primary N) is 1. The van der Waals surface area contributed by atoms with Crippen molar-refractivity contribution < 1.29 is 9.34 Å². The van der Waals surface area contributed by atoms with E-state index in [0.29, 0.717) is 12.0 Å². The van der Waals surface area contributed by atoms with Gasteiger partial charge in [0.05, 0.1) is 11.0 Å². The molecule has 0 aliphatic heterocycles. The van der Waals surface area contributed by atoms with Crippen molar-refractivity contribution in [1.82, 2.24) is 10.2 Å². The van der Waals surface area contributed by atoms with Gasteiger partial charge in [0, 0.05) is 6.07 Å². The van der Waals surface area contributed by atoms with Gasteiger partial charge in [-0.15, -0.1) is 10.2 Å². The minimum Gasteiger partial charge on any atom is -0.419 e. The van der Waals surface area contributed by atoms with Crippen LogP contribution in [0.4, 0.5) is 5.69 Å². The Morgan fingerprint density at radius 2 is 2.17 bits per heavy atom. The third-order valence-electron chi connectivity index (χ3n) is 2.53. The Hall–Kier alpha value is -2.28. The Labute approximate surface area is 103 Å². The van der Waals surface area contributed by atoms with Gasteiger partial charge in [-0.05, 0) is 12.5 Å². The highest BCUT2D eigenvalue weighted by Gasteiger charge is 2.20. The van der Waals surface area contributed by atoms with Crippen LogP contribution >= 0.6 is 0 Å². The number of benzene rings is 1. The zero-order valence-corrected chi connectivity index (χ0v) is 9.74. The summed E-state index contributed by atoms with van der Waals surface area (Å²) in [6.45, 7) is 1.89. The number of hydrogen-bond donors (Lipinski definition) is 1. The summed E-state index contributed by atoms with van der Waals surface area (Å²) in [5, 5.41) is 18.5. The topological polar surface area (TPSA) is 108 Å². The predicted octanol–water partition coefficient (Wildman–Crippen LogP) is 2.05. The van der Waals surface area contributed by atoms with Gasteiger partial charge in [-0.2, -0.15) is 0 Å². The monoisotopic (exact) mass is 248 g/mol. The molecule has 0 saturated carbocycles. The molecule has 0 amide bonds. The largest absolute Gasteiger partial charge is 0.419 e. The van der Waals surface area contributed by atoms with E-state index in [1.165, 1.54) is 6.07 Å². The van der Waals surface area contributed by atoms with E-state index in [2.05, 4.69) is 10.2 Å². The molecule has 0 aliphatic rings. The SMILES string of the molecule is CCC(N)c1nnc(-c2ccccc2[N+](=O)[O-])o1. The van der Waals surface area contributed by atoms with Crippen molar-refractivity contribution in [3.63, 3.8) is 0 Å². The Balaban J connectivity index is 2.43. The van der Waals surface area contributed by atoms with Crippen molar-refractivity contribution in [3.8, 4) is 11.5 Å². The van der Waals surface area contributed by atoms with Gasteiger partial charge < -0.3 is 10.2 Å². The lowest BCUT2D eigenvalue weighted by Gasteiger charge is -2.00. The molecule has 0 aliphatic carbocycles. The van der Waals surface area contributed by atoms with Crippen molar-refractivity contribution in [3.05, 3.63) is 40.3 Å². The summed E-state index contributed by atoms with van der Waals surface area (Å²) in [4.78, 5) is 10.4. The lowest BCUT2D eigenvalue weighted by Crippen LogP contribution is -2.08. The molecule has 7 heteroatoms. The zero-order valence-electron chi connectivity index (χ0n) is 9.74. The first kappa shape index (κ1) is 12.2. The maximum atomic E-state index is 10.9. The molecule has 0 fully saturated rings. The molecule has 1 unspecified atom stereocenters. The highest BCUT2D eigenvalue weighted by molar-refractivity contribution is 5.66. The molecule has 1 aromatic heterocycles. The number of para-hydroxylation sites is 1. The van der Waals surface area contributed by atoms with E-state index in [9.17, 15) is 10.1 Å². The van der Waals surface area contributed by atoms with Gasteiger partial charge in [0.25, 0.3) is 11.6 Å². The molecule has 2 N–H and O–H groups in total. The zero-order chi connectivity index (χ0) is 13.1. The smallest absolute Gasteiger partial charge is 0.282 e. The molecule has 1 aromatic carbocycles. The third-order valence-corrected chi connectivity index (χ3v) is 2.53. The van der Waals surface area contributed by atoms with E-state index < -0.39 is 4.92 Å². The van der Waals surface area contributed by atoms with Gasteiger partial charge >= 0.3 is 0 Å². The molecule has 0 spiro atoms. The molecule has 18 heavy (non-hydrogen) atoms. The van der Waals surface area contributed by atoms with Crippen LogP contribution in [-0.2, 0) is 0 Å². The molecule has 2 aromatic rings. The molecular formula is C11H12N4O3. The van der Waals surface area contributed by atoms with E-state index in [4.69, 9.17) is 10.2 Å². The Morgan fingerprint density at radius 1 is 1.44 bits per heavy atom. The fraction of sp³-hybridized carbons (Fsp3) is 0.273. The molecule has 0 saturated heterocycles. The van der Waals surface area contributed by atoms with Crippen molar-refractivity contribution in [2.75, 3.05) is 0 Å². The van der Waals surface area contributed by atoms with E-state index in [1.54, 1.807) is 18.2 Å². The van der Waals surface area contributed by atoms with Crippen LogP contribution in [0, 0.1) is 10.1 Å². The Bertz CT molecular complexity index is 567. The van der Waals surface area contributed by atoms with Gasteiger partial charge in [0.1, 0.15) is 5.56 Å². The average molecular weight is 248 g/mol. The first-order valence-corrected chi connectivity index (χ1v) is 5.46. The second kappa shape index (κ2) is 4.92. The van der Waals surface area contributed by atoms with Crippen LogP contribution in [0.3, 0.4) is 0 Å². The van der Waals surface area contributed by atoms with Gasteiger partial charge in [0.15, 0.2) is 0 Å². The van der Waals surface area contributed by atoms with Crippen molar-refractivity contribution in [1.29, 1.82) is 0 Å². The number of aromatic nitrogens is 2. The van der Waals surface area contributed by atoms with Gasteiger partial charge in [-0.3, -0.25) is 10.1 Å². The standard InChI is InChI=1S/C11H12N4O3/c1-2-8(12)11-14-13-10(18-11)7-5-3-4-6-9(7)15(16)17/h3-6,8H,2,12H2,1H3. The fourth-order valence-corrected chi connectivity index (χ4v) is 1.48. The quantitative estimate of drug-likeness (QED) is 0.655. The van der Waals surface area contributed by atoms with Crippen molar-refractivity contribution in [2.45, 2.75) is 19.4 Å². The summed E-state index contributed by atoms with van der Waals surface area (Å²) in [6.07, 6.45) is 0.651. The number of nitro groups is 1. The minimum atomic E-state index is -0.487. The molecule has 1 heterocycles. The van der Waals surface area contributed by atoms with Gasteiger partial charge in [-0.1, -0.05) is 19.1 Å². The van der Waals surface area contributed by atoms with Crippen LogP contribution in [0.1, 0.15) is 25.3 Å². The van der Waals surface area contributed by atoms with Crippen molar-refractivity contribution >= 4 is 5.69 Å². The molecule has 94 valence electrons. The van der Waals surface area contributed by atoms with Crippen LogP contribution in [0.2, 0.25) is 0 Å². The highest BCUT2D eigenvalue weighted by Crippen LogP contribution is 2.29. The maximum Gasteiger partial charge on any atom is 0.282 e. The summed E-state index contributed by atoms with van der Waals surface area (Å²) in [5.74, 6) is 0.395. The number of nitrogens with zero attached hydrogens (tertiary/aromatic N) is 3. The Kier molecular flexibility index (Phi) is 3.33. The van der Waals surface area contributed by atoms with E-state index in [1.807, 2.05) is 6.92 Å². The molecular weight excluding hydrogens is 236 g/mol. The molecule has 7 nitrogen and oxygen atoms in total. The van der Waals surface area contributed by atoms with Gasteiger partial charge in [-0.25, -0.2) is 0 Å². The van der Waals surface area contributed by atoms with E-state index in [0.717, 1.165) is 0 Å². The predicted molar refractivity (Wildman–Crippen MR) is 63.6 cm³/mol. The normalized spacial score (nSPS) is 12.3. The average Bonchev–Trinajstić information content (AvgIpc) is 2.87. The van der Waals surface area contributed by atoms with Crippen LogP contribution in [0.15, 0.2) is 28.7 Å². The molecule has 0 bridgehead atoms. The molecule has 0 radical (unpaired) electrons. The number of hydrogen-bond acceptors (Lipinski definition) is 6. The summed E-state index contributed by atoms with van der Waals surface area (Å²) in [6, 6.07) is 5.85. The Morgan fingerprint density at radius 3 is 2.83 bits per heavy atom. The first-order valence-electron chi connectivity index (χ1n) is 5.46.